The summed E-state index contributed by atoms with van der Waals surface area (Å²) in [4.78, 5) is 52.6. The molecule has 11 heteroatoms. The second-order valence-electron chi connectivity index (χ2n) is 10.0. The lowest BCUT2D eigenvalue weighted by Crippen LogP contribution is -2.57. The third-order valence-corrected chi connectivity index (χ3v) is 6.46. The van der Waals surface area contributed by atoms with E-state index in [1.54, 1.807) is 12.1 Å². The van der Waals surface area contributed by atoms with Gasteiger partial charge in [0.1, 0.15) is 23.9 Å². The molecule has 11 nitrogen and oxygen atoms in total. The summed E-state index contributed by atoms with van der Waals surface area (Å²) < 4.78 is 0. The van der Waals surface area contributed by atoms with Gasteiger partial charge in [0.2, 0.25) is 17.7 Å². The van der Waals surface area contributed by atoms with Crippen molar-refractivity contribution in [2.45, 2.75) is 83.0 Å². The van der Waals surface area contributed by atoms with Gasteiger partial charge in [-0.2, -0.15) is 0 Å². The number of phenolic OH excluding ortho intramolecular Hbond substituents is 1. The number of phenols is 1. The van der Waals surface area contributed by atoms with Gasteiger partial charge in [-0.1, -0.05) is 32.4 Å². The molecular formula is C26H41N5O6. The smallest absolute Gasteiger partial charge is 0.326 e. The molecule has 4 atom stereocenters. The number of benzene rings is 1. The molecule has 1 heterocycles. The standard InChI is InChI=1S/C26H41N5O6/c1-16(2)14-21(26(36)37)30-23(33)20(15-17-8-10-18(32)11-9-17)29-24(34)22-7-5-13-31(22)25(35)19(28)6-3-4-12-27/h8-11,16,19-22,32H,3-7,12-15,27-28H2,1-2H3,(H,29,34)(H,30,33)(H,36,37). The van der Waals surface area contributed by atoms with Crippen molar-refractivity contribution in [2.24, 2.45) is 17.4 Å². The molecule has 1 saturated heterocycles. The van der Waals surface area contributed by atoms with Gasteiger partial charge in [-0.3, -0.25) is 14.4 Å². The summed E-state index contributed by atoms with van der Waals surface area (Å²) in [5, 5.41) is 24.4. The third-order valence-electron chi connectivity index (χ3n) is 6.46. The Kier molecular flexibility index (Phi) is 11.8. The second-order valence-corrected chi connectivity index (χ2v) is 10.0. The number of rotatable bonds is 14. The predicted molar refractivity (Wildman–Crippen MR) is 138 cm³/mol. The number of carboxylic acids is 1. The lowest BCUT2D eigenvalue weighted by molar-refractivity contribution is -0.143. The average Bonchev–Trinajstić information content (AvgIpc) is 3.33. The van der Waals surface area contributed by atoms with Gasteiger partial charge < -0.3 is 37.2 Å². The maximum absolute atomic E-state index is 13.3. The zero-order valence-electron chi connectivity index (χ0n) is 21.7. The molecule has 1 aliphatic heterocycles. The molecule has 1 aromatic rings. The summed E-state index contributed by atoms with van der Waals surface area (Å²) in [5.41, 5.74) is 12.3. The van der Waals surface area contributed by atoms with Gasteiger partial charge in [0.25, 0.3) is 0 Å². The molecule has 0 aliphatic carbocycles. The molecular weight excluding hydrogens is 478 g/mol. The van der Waals surface area contributed by atoms with Crippen LogP contribution in [0.15, 0.2) is 24.3 Å². The molecule has 1 aromatic carbocycles. The molecule has 0 spiro atoms. The second kappa shape index (κ2) is 14.5. The maximum atomic E-state index is 13.3. The van der Waals surface area contributed by atoms with Crippen LogP contribution < -0.4 is 22.1 Å². The van der Waals surface area contributed by atoms with Crippen molar-refractivity contribution in [2.75, 3.05) is 13.1 Å². The number of carbonyl (C=O) groups is 4. The lowest BCUT2D eigenvalue weighted by atomic mass is 10.0. The van der Waals surface area contributed by atoms with Crippen LogP contribution in [0.3, 0.4) is 0 Å². The summed E-state index contributed by atoms with van der Waals surface area (Å²) in [6.45, 7) is 4.61. The zero-order valence-corrected chi connectivity index (χ0v) is 21.7. The highest BCUT2D eigenvalue weighted by molar-refractivity contribution is 5.94. The Bertz CT molecular complexity index is 923. The van der Waals surface area contributed by atoms with Gasteiger partial charge in [0.15, 0.2) is 0 Å². The Labute approximate surface area is 217 Å². The minimum absolute atomic E-state index is 0.0265. The molecule has 3 amide bonds. The van der Waals surface area contributed by atoms with Crippen molar-refractivity contribution in [1.29, 1.82) is 0 Å². The maximum Gasteiger partial charge on any atom is 0.326 e. The Balaban J connectivity index is 2.17. The quantitative estimate of drug-likeness (QED) is 0.191. The first-order chi connectivity index (χ1) is 17.5. The van der Waals surface area contributed by atoms with E-state index in [0.29, 0.717) is 44.3 Å². The van der Waals surface area contributed by atoms with Crippen molar-refractivity contribution in [3.05, 3.63) is 29.8 Å². The first-order valence-corrected chi connectivity index (χ1v) is 12.9. The van der Waals surface area contributed by atoms with Crippen LogP contribution in [0.1, 0.15) is 57.9 Å². The van der Waals surface area contributed by atoms with Crippen molar-refractivity contribution >= 4 is 23.7 Å². The number of hydrogen-bond donors (Lipinski definition) is 6. The number of aromatic hydroxyl groups is 1. The fraction of sp³-hybridized carbons (Fsp3) is 0.615. The van der Waals surface area contributed by atoms with Gasteiger partial charge in [-0.05, 0) is 62.3 Å². The normalized spacial score (nSPS) is 17.8. The van der Waals surface area contributed by atoms with E-state index in [2.05, 4.69) is 10.6 Å². The minimum atomic E-state index is -1.16. The van der Waals surface area contributed by atoms with E-state index < -0.39 is 42.0 Å². The lowest BCUT2D eigenvalue weighted by Gasteiger charge is -2.29. The molecule has 4 unspecified atom stereocenters. The number of hydrogen-bond acceptors (Lipinski definition) is 7. The van der Waals surface area contributed by atoms with Crippen molar-refractivity contribution in [3.8, 4) is 5.75 Å². The Morgan fingerprint density at radius 1 is 1.08 bits per heavy atom. The van der Waals surface area contributed by atoms with E-state index in [-0.39, 0.29) is 30.4 Å². The summed E-state index contributed by atoms with van der Waals surface area (Å²) in [5.74, 6) is -2.51. The van der Waals surface area contributed by atoms with E-state index in [1.807, 2.05) is 13.8 Å². The largest absolute Gasteiger partial charge is 0.508 e. The van der Waals surface area contributed by atoms with E-state index in [9.17, 15) is 29.4 Å². The zero-order chi connectivity index (χ0) is 27.5. The topological polar surface area (TPSA) is 188 Å². The first-order valence-electron chi connectivity index (χ1n) is 12.9. The van der Waals surface area contributed by atoms with Crippen molar-refractivity contribution in [3.63, 3.8) is 0 Å². The van der Waals surface area contributed by atoms with Gasteiger partial charge >= 0.3 is 5.97 Å². The highest BCUT2D eigenvalue weighted by Crippen LogP contribution is 2.20. The van der Waals surface area contributed by atoms with E-state index in [1.165, 1.54) is 17.0 Å². The number of nitrogens with zero attached hydrogens (tertiary/aromatic N) is 1. The summed E-state index contributed by atoms with van der Waals surface area (Å²) in [6.07, 6.45) is 3.31. The molecule has 1 aliphatic rings. The summed E-state index contributed by atoms with van der Waals surface area (Å²) in [7, 11) is 0. The number of carboxylic acid groups (broad SMARTS) is 1. The Morgan fingerprint density at radius 3 is 2.35 bits per heavy atom. The van der Waals surface area contributed by atoms with Crippen LogP contribution in [0, 0.1) is 5.92 Å². The monoisotopic (exact) mass is 519 g/mol. The van der Waals surface area contributed by atoms with Crippen LogP contribution in [0.4, 0.5) is 0 Å². The third kappa shape index (κ3) is 9.32. The number of nitrogens with one attached hydrogen (secondary N) is 2. The number of nitrogens with two attached hydrogens (primary N) is 2. The number of aliphatic carboxylic acids is 1. The van der Waals surface area contributed by atoms with Crippen LogP contribution >= 0.6 is 0 Å². The van der Waals surface area contributed by atoms with Crippen molar-refractivity contribution in [1.82, 2.24) is 15.5 Å². The average molecular weight is 520 g/mol. The fourth-order valence-corrected chi connectivity index (χ4v) is 4.46. The van der Waals surface area contributed by atoms with Crippen LogP contribution in [0.5, 0.6) is 5.75 Å². The van der Waals surface area contributed by atoms with Crippen molar-refractivity contribution < 1.29 is 29.4 Å². The number of unbranched alkanes of at least 4 members (excludes halogenated alkanes) is 1. The molecule has 0 aromatic heterocycles. The van der Waals surface area contributed by atoms with E-state index >= 15 is 0 Å². The number of likely N-dealkylation sites (tertiary alicyclic amines) is 1. The molecule has 37 heavy (non-hydrogen) atoms. The molecule has 1 fully saturated rings. The van der Waals surface area contributed by atoms with E-state index in [0.717, 1.165) is 6.42 Å². The van der Waals surface area contributed by atoms with Crippen LogP contribution in [-0.2, 0) is 25.6 Å². The predicted octanol–water partition coefficient (Wildman–Crippen LogP) is 0.482. The van der Waals surface area contributed by atoms with Crippen LogP contribution in [-0.4, -0.2) is 76.1 Å². The van der Waals surface area contributed by atoms with Gasteiger partial charge in [-0.25, -0.2) is 4.79 Å². The number of carbonyl (C=O) groups excluding carboxylic acids is 3. The highest BCUT2D eigenvalue weighted by atomic mass is 16.4. The van der Waals surface area contributed by atoms with Gasteiger partial charge in [-0.15, -0.1) is 0 Å². The van der Waals surface area contributed by atoms with E-state index in [4.69, 9.17) is 11.5 Å². The summed E-state index contributed by atoms with van der Waals surface area (Å²) in [6, 6.07) is 2.48. The van der Waals surface area contributed by atoms with Crippen LogP contribution in [0.25, 0.3) is 0 Å². The molecule has 0 bridgehead atoms. The minimum Gasteiger partial charge on any atom is -0.508 e. The Hall–Kier alpha value is -3.18. The van der Waals surface area contributed by atoms with Gasteiger partial charge in [0, 0.05) is 13.0 Å². The number of amides is 3. The first kappa shape index (κ1) is 30.0. The Morgan fingerprint density at radius 2 is 1.76 bits per heavy atom. The molecule has 0 saturated carbocycles. The van der Waals surface area contributed by atoms with Gasteiger partial charge in [0.05, 0.1) is 6.04 Å². The fourth-order valence-electron chi connectivity index (χ4n) is 4.46. The molecule has 2 rings (SSSR count). The molecule has 206 valence electrons. The highest BCUT2D eigenvalue weighted by Gasteiger charge is 2.38. The molecule has 0 radical (unpaired) electrons. The molecule has 8 N–H and O–H groups in total. The van der Waals surface area contributed by atoms with Crippen LogP contribution in [0.2, 0.25) is 0 Å². The summed E-state index contributed by atoms with van der Waals surface area (Å²) >= 11 is 0. The SMILES string of the molecule is CC(C)CC(NC(=O)C(Cc1ccc(O)cc1)NC(=O)C1CCCN1C(=O)C(N)CCCCN)C(=O)O.